The number of hydrogen-bond acceptors (Lipinski definition) is 4. The Labute approximate surface area is 122 Å². The molecule has 1 saturated heterocycles. The molecule has 0 saturated carbocycles. The molecule has 1 aliphatic rings. The monoisotopic (exact) mass is 317 g/mol. The molecule has 1 aliphatic heterocycles. The molecule has 0 aromatic heterocycles. The first-order valence-corrected chi connectivity index (χ1v) is 8.83. The number of ether oxygens (including phenoxy) is 1. The Morgan fingerprint density at radius 2 is 2.05 bits per heavy atom. The molecule has 20 heavy (non-hydrogen) atoms. The Hall–Kier alpha value is -1.27. The summed E-state index contributed by atoms with van der Waals surface area (Å²) in [5.74, 6) is -0.227. The summed E-state index contributed by atoms with van der Waals surface area (Å²) >= 11 is 0. The summed E-state index contributed by atoms with van der Waals surface area (Å²) < 4.78 is 27.4. The van der Waals surface area contributed by atoms with Gasteiger partial charge < -0.3 is 9.64 Å². The lowest BCUT2D eigenvalue weighted by atomic mass is 10.2. The maximum absolute atomic E-state index is 12.0. The number of benzene rings is 1. The minimum absolute atomic E-state index is 0.177. The van der Waals surface area contributed by atoms with E-state index in [0.717, 1.165) is 12.0 Å². The van der Waals surface area contributed by atoms with Crippen LogP contribution in [-0.2, 0) is 20.4 Å². The van der Waals surface area contributed by atoms with Gasteiger partial charge >= 0.3 is 6.09 Å². The van der Waals surface area contributed by atoms with Gasteiger partial charge in [0.05, 0.1) is 11.8 Å². The lowest BCUT2D eigenvalue weighted by molar-refractivity contribution is 0.0948. The van der Waals surface area contributed by atoms with Crippen LogP contribution in [-0.4, -0.2) is 37.8 Å². The van der Waals surface area contributed by atoms with Crippen LogP contribution in [0, 0.1) is 0 Å². The molecule has 1 heterocycles. The van der Waals surface area contributed by atoms with E-state index in [4.69, 9.17) is 15.4 Å². The molecule has 2 rings (SSSR count). The van der Waals surface area contributed by atoms with Gasteiger partial charge in [0.15, 0.2) is 0 Å². The Morgan fingerprint density at radius 3 is 2.70 bits per heavy atom. The molecule has 0 radical (unpaired) electrons. The van der Waals surface area contributed by atoms with E-state index >= 15 is 0 Å². The van der Waals surface area contributed by atoms with Gasteiger partial charge in [-0.25, -0.2) is 13.2 Å². The molecule has 5 nitrogen and oxygen atoms in total. The molecule has 0 unspecified atom stereocenters. The number of hydrogen-bond donors (Lipinski definition) is 0. The number of amides is 1. The van der Waals surface area contributed by atoms with E-state index in [1.54, 1.807) is 0 Å². The number of likely N-dealkylation sites (tertiary alicyclic amines) is 1. The highest BCUT2D eigenvalue weighted by atomic mass is 35.7. The number of nitrogens with zero attached hydrogens (tertiary/aromatic N) is 1. The Bertz CT molecular complexity index is 561. The maximum Gasteiger partial charge on any atom is 0.410 e. The maximum atomic E-state index is 12.0. The van der Waals surface area contributed by atoms with E-state index in [2.05, 4.69) is 0 Å². The van der Waals surface area contributed by atoms with Gasteiger partial charge in [-0.05, 0) is 18.4 Å². The van der Waals surface area contributed by atoms with Crippen LogP contribution >= 0.6 is 10.7 Å². The van der Waals surface area contributed by atoms with Gasteiger partial charge in [-0.2, -0.15) is 0 Å². The van der Waals surface area contributed by atoms with Gasteiger partial charge in [0.25, 0.3) is 0 Å². The van der Waals surface area contributed by atoms with E-state index in [0.29, 0.717) is 13.0 Å². The van der Waals surface area contributed by atoms with Crippen LogP contribution in [0.4, 0.5) is 4.79 Å². The van der Waals surface area contributed by atoms with Gasteiger partial charge in [-0.1, -0.05) is 30.3 Å². The van der Waals surface area contributed by atoms with Crippen molar-refractivity contribution >= 4 is 25.8 Å². The van der Waals surface area contributed by atoms with E-state index < -0.39 is 15.1 Å². The van der Waals surface area contributed by atoms with Gasteiger partial charge in [0.2, 0.25) is 9.05 Å². The van der Waals surface area contributed by atoms with Crippen LogP contribution in [0.25, 0.3) is 0 Å². The van der Waals surface area contributed by atoms with Crippen molar-refractivity contribution in [3.63, 3.8) is 0 Å². The molecule has 7 heteroatoms. The van der Waals surface area contributed by atoms with Crippen LogP contribution in [0.3, 0.4) is 0 Å². The zero-order valence-electron chi connectivity index (χ0n) is 10.9. The van der Waals surface area contributed by atoms with Crippen LogP contribution in [0.15, 0.2) is 30.3 Å². The second kappa shape index (κ2) is 6.45. The van der Waals surface area contributed by atoms with Gasteiger partial charge in [-0.3, -0.25) is 0 Å². The van der Waals surface area contributed by atoms with Gasteiger partial charge in [0, 0.05) is 17.2 Å². The summed E-state index contributed by atoms with van der Waals surface area (Å²) in [5, 5.41) is 0. The molecule has 1 amide bonds. The first-order chi connectivity index (χ1) is 9.46. The molecule has 0 bridgehead atoms. The van der Waals surface area contributed by atoms with Crippen molar-refractivity contribution in [1.82, 2.24) is 4.90 Å². The summed E-state index contributed by atoms with van der Waals surface area (Å²) in [6.45, 7) is 0.682. The standard InChI is InChI=1S/C13H16ClNO4S/c14-20(17,18)10-12-7-4-8-15(12)13(16)19-9-11-5-2-1-3-6-11/h1-3,5-6,12H,4,7-10H2/t12-/m1/s1. The topological polar surface area (TPSA) is 63.7 Å². The average molecular weight is 318 g/mol. The van der Waals surface area contributed by atoms with Crippen molar-refractivity contribution in [2.24, 2.45) is 0 Å². The van der Waals surface area contributed by atoms with Crippen molar-refractivity contribution in [2.45, 2.75) is 25.5 Å². The smallest absolute Gasteiger partial charge is 0.410 e. The lowest BCUT2D eigenvalue weighted by Crippen LogP contribution is -2.39. The molecule has 1 fully saturated rings. The van der Waals surface area contributed by atoms with E-state index in [1.807, 2.05) is 30.3 Å². The third-order valence-electron chi connectivity index (χ3n) is 3.21. The SMILES string of the molecule is O=C(OCc1ccccc1)N1CCC[C@@H]1CS(=O)(=O)Cl. The summed E-state index contributed by atoms with van der Waals surface area (Å²) in [5.41, 5.74) is 0.890. The third-order valence-corrected chi connectivity index (χ3v) is 4.37. The molecule has 1 aromatic rings. The normalized spacial score (nSPS) is 19.1. The summed E-state index contributed by atoms with van der Waals surface area (Å²) in [6.07, 6.45) is 0.904. The average Bonchev–Trinajstić information content (AvgIpc) is 2.83. The summed E-state index contributed by atoms with van der Waals surface area (Å²) in [7, 11) is 1.63. The van der Waals surface area contributed by atoms with Crippen LogP contribution < -0.4 is 0 Å². The molecule has 0 aliphatic carbocycles. The third kappa shape index (κ3) is 4.38. The largest absolute Gasteiger partial charge is 0.445 e. The number of carbonyl (C=O) groups is 1. The first-order valence-electron chi connectivity index (χ1n) is 6.35. The second-order valence-electron chi connectivity index (χ2n) is 4.74. The van der Waals surface area contributed by atoms with Crippen molar-refractivity contribution in [2.75, 3.05) is 12.3 Å². The zero-order chi connectivity index (χ0) is 14.6. The van der Waals surface area contributed by atoms with Crippen LogP contribution in [0.5, 0.6) is 0 Å². The minimum Gasteiger partial charge on any atom is -0.445 e. The molecule has 1 atom stereocenters. The molecular formula is C13H16ClNO4S. The van der Waals surface area contributed by atoms with E-state index in [9.17, 15) is 13.2 Å². The first kappa shape index (κ1) is 15.1. The Morgan fingerprint density at radius 1 is 1.35 bits per heavy atom. The van der Waals surface area contributed by atoms with Crippen molar-refractivity contribution in [3.05, 3.63) is 35.9 Å². The predicted molar refractivity (Wildman–Crippen MR) is 76.0 cm³/mol. The number of rotatable bonds is 4. The molecular weight excluding hydrogens is 302 g/mol. The second-order valence-corrected chi connectivity index (χ2v) is 7.56. The van der Waals surface area contributed by atoms with Gasteiger partial charge in [-0.15, -0.1) is 0 Å². The van der Waals surface area contributed by atoms with Crippen LogP contribution in [0.1, 0.15) is 18.4 Å². The minimum atomic E-state index is -3.62. The molecule has 110 valence electrons. The fourth-order valence-electron chi connectivity index (χ4n) is 2.28. The fourth-order valence-corrected chi connectivity index (χ4v) is 3.52. The van der Waals surface area contributed by atoms with Crippen molar-refractivity contribution in [3.8, 4) is 0 Å². The predicted octanol–water partition coefficient (Wildman–Crippen LogP) is 2.36. The summed E-state index contributed by atoms with van der Waals surface area (Å²) in [4.78, 5) is 13.4. The van der Waals surface area contributed by atoms with E-state index in [-0.39, 0.29) is 18.4 Å². The van der Waals surface area contributed by atoms with E-state index in [1.165, 1.54) is 4.90 Å². The Balaban J connectivity index is 1.91. The highest BCUT2D eigenvalue weighted by molar-refractivity contribution is 8.13. The van der Waals surface area contributed by atoms with Gasteiger partial charge in [0.1, 0.15) is 6.61 Å². The zero-order valence-corrected chi connectivity index (χ0v) is 12.4. The number of halogens is 1. The Kier molecular flexibility index (Phi) is 4.88. The lowest BCUT2D eigenvalue weighted by Gasteiger charge is -2.22. The highest BCUT2D eigenvalue weighted by Gasteiger charge is 2.32. The quantitative estimate of drug-likeness (QED) is 0.800. The molecule has 1 aromatic carbocycles. The molecule has 0 spiro atoms. The van der Waals surface area contributed by atoms with Crippen LogP contribution in [0.2, 0.25) is 0 Å². The highest BCUT2D eigenvalue weighted by Crippen LogP contribution is 2.21. The number of carbonyl (C=O) groups excluding carboxylic acids is 1. The fraction of sp³-hybridized carbons (Fsp3) is 0.462. The van der Waals surface area contributed by atoms with Crippen molar-refractivity contribution < 1.29 is 17.9 Å². The summed E-state index contributed by atoms with van der Waals surface area (Å²) in [6, 6.07) is 8.94. The van der Waals surface area contributed by atoms with Crippen molar-refractivity contribution in [1.29, 1.82) is 0 Å². The molecule has 0 N–H and O–H groups in total.